The minimum absolute atomic E-state index is 0.138. The van der Waals surface area contributed by atoms with Gasteiger partial charge in [-0.15, -0.1) is 0 Å². The summed E-state index contributed by atoms with van der Waals surface area (Å²) in [6.45, 7) is 3.65. The lowest BCUT2D eigenvalue weighted by Gasteiger charge is -2.28. The standard InChI is InChI=1S/C28H30N4O7/c1-4-37-23-14-19(26-25(27(34)36-3)17(2)30-28(35)31-26)10-12-22(23)38-16-24(33)32-29-15-20-11-13-21(39-20)18-8-6-5-7-9-18/h5-15,24,26,32-33H,4,16H2,1-3H3,(H2,30,31,35)/b29-15-/t24-,26-/m0/s1. The number of carbonyl (C=O) groups is 2. The average Bonchev–Trinajstić information content (AvgIpc) is 3.41. The number of aliphatic hydroxyl groups is 1. The van der Waals surface area contributed by atoms with Gasteiger partial charge in [0.05, 0.1) is 31.5 Å². The third-order valence-corrected chi connectivity index (χ3v) is 5.77. The molecule has 0 saturated carbocycles. The number of hydrazone groups is 1. The molecule has 1 aliphatic heterocycles. The fraction of sp³-hybridized carbons (Fsp3) is 0.250. The van der Waals surface area contributed by atoms with Crippen LogP contribution in [0.5, 0.6) is 11.5 Å². The summed E-state index contributed by atoms with van der Waals surface area (Å²) in [7, 11) is 1.28. The molecule has 2 aromatic carbocycles. The summed E-state index contributed by atoms with van der Waals surface area (Å²) < 4.78 is 22.1. The Kier molecular flexibility index (Phi) is 8.85. The summed E-state index contributed by atoms with van der Waals surface area (Å²) in [4.78, 5) is 24.5. The van der Waals surface area contributed by atoms with Gasteiger partial charge in [0, 0.05) is 11.3 Å². The van der Waals surface area contributed by atoms with Crippen LogP contribution in [0.2, 0.25) is 0 Å². The summed E-state index contributed by atoms with van der Waals surface area (Å²) in [6.07, 6.45) is 0.330. The molecule has 11 nitrogen and oxygen atoms in total. The fourth-order valence-corrected chi connectivity index (χ4v) is 3.99. The molecule has 0 radical (unpaired) electrons. The molecule has 4 N–H and O–H groups in total. The van der Waals surface area contributed by atoms with Crippen molar-refractivity contribution in [3.8, 4) is 22.8 Å². The molecule has 2 atom stereocenters. The lowest BCUT2D eigenvalue weighted by molar-refractivity contribution is -0.136. The molecule has 39 heavy (non-hydrogen) atoms. The van der Waals surface area contributed by atoms with Gasteiger partial charge < -0.3 is 34.4 Å². The van der Waals surface area contributed by atoms with Gasteiger partial charge in [-0.05, 0) is 43.7 Å². The highest BCUT2D eigenvalue weighted by atomic mass is 16.5. The summed E-state index contributed by atoms with van der Waals surface area (Å²) in [6, 6.07) is 17.1. The number of furan rings is 1. The van der Waals surface area contributed by atoms with Crippen LogP contribution in [-0.2, 0) is 9.53 Å². The second-order valence-electron chi connectivity index (χ2n) is 8.48. The SMILES string of the molecule is CCOc1cc([C@@H]2NC(=O)NC(C)=C2C(=O)OC)ccc1OC[C@H](O)N/N=C\c1ccc(-c2ccccc2)o1. The number of nitrogens with zero attached hydrogens (tertiary/aromatic N) is 1. The van der Waals surface area contributed by atoms with Gasteiger partial charge in [0.1, 0.15) is 18.1 Å². The molecule has 0 saturated heterocycles. The number of carbonyl (C=O) groups excluding carboxylic acids is 2. The van der Waals surface area contributed by atoms with Crippen LogP contribution < -0.4 is 25.5 Å². The molecular formula is C28H30N4O7. The van der Waals surface area contributed by atoms with Gasteiger partial charge in [-0.1, -0.05) is 36.4 Å². The summed E-state index contributed by atoms with van der Waals surface area (Å²) in [5, 5.41) is 19.6. The summed E-state index contributed by atoms with van der Waals surface area (Å²) >= 11 is 0. The maximum absolute atomic E-state index is 12.4. The van der Waals surface area contributed by atoms with E-state index in [9.17, 15) is 14.7 Å². The molecule has 4 rings (SSSR count). The van der Waals surface area contributed by atoms with Gasteiger partial charge in [0.25, 0.3) is 0 Å². The lowest BCUT2D eigenvalue weighted by atomic mass is 9.95. The molecule has 2 amide bonds. The molecule has 0 fully saturated rings. The molecule has 0 aliphatic carbocycles. The van der Waals surface area contributed by atoms with Gasteiger partial charge in [-0.3, -0.25) is 5.43 Å². The zero-order valence-electron chi connectivity index (χ0n) is 21.8. The highest BCUT2D eigenvalue weighted by Gasteiger charge is 2.32. The molecule has 204 valence electrons. The smallest absolute Gasteiger partial charge is 0.337 e. The van der Waals surface area contributed by atoms with Gasteiger partial charge in [0.15, 0.2) is 17.7 Å². The average molecular weight is 535 g/mol. The number of aliphatic hydroxyl groups excluding tert-OH is 1. The number of methoxy groups -OCH3 is 1. The third kappa shape index (κ3) is 6.76. The predicted octanol–water partition coefficient (Wildman–Crippen LogP) is 3.47. The Labute approximate surface area is 225 Å². The van der Waals surface area contributed by atoms with Gasteiger partial charge in [-0.2, -0.15) is 5.10 Å². The summed E-state index contributed by atoms with van der Waals surface area (Å²) in [5.74, 6) is 1.41. The van der Waals surface area contributed by atoms with Crippen LogP contribution in [-0.4, -0.2) is 49.9 Å². The Balaban J connectivity index is 1.40. The van der Waals surface area contributed by atoms with E-state index in [1.807, 2.05) is 43.3 Å². The van der Waals surface area contributed by atoms with Crippen LogP contribution in [0.1, 0.15) is 31.2 Å². The Bertz CT molecular complexity index is 1370. The van der Waals surface area contributed by atoms with Crippen molar-refractivity contribution >= 4 is 18.2 Å². The topological polar surface area (TPSA) is 144 Å². The zero-order valence-corrected chi connectivity index (χ0v) is 21.8. The van der Waals surface area contributed by atoms with Gasteiger partial charge in [-0.25, -0.2) is 9.59 Å². The first-order valence-electron chi connectivity index (χ1n) is 12.3. The number of hydrogen-bond acceptors (Lipinski definition) is 9. The van der Waals surface area contributed by atoms with Crippen molar-refractivity contribution in [3.05, 3.63) is 83.3 Å². The quantitative estimate of drug-likeness (QED) is 0.127. The van der Waals surface area contributed by atoms with E-state index in [1.54, 1.807) is 31.2 Å². The van der Waals surface area contributed by atoms with E-state index in [0.717, 1.165) is 5.56 Å². The maximum Gasteiger partial charge on any atom is 0.337 e. The number of hydrogen-bond donors (Lipinski definition) is 4. The predicted molar refractivity (Wildman–Crippen MR) is 143 cm³/mol. The molecule has 0 bridgehead atoms. The number of rotatable bonds is 11. The molecule has 0 unspecified atom stereocenters. The zero-order chi connectivity index (χ0) is 27.8. The molecule has 0 spiro atoms. The summed E-state index contributed by atoms with van der Waals surface area (Å²) in [5.41, 5.74) is 4.80. The van der Waals surface area contributed by atoms with Crippen LogP contribution in [0.3, 0.4) is 0 Å². The third-order valence-electron chi connectivity index (χ3n) is 5.77. The van der Waals surface area contributed by atoms with Crippen molar-refractivity contribution in [2.24, 2.45) is 5.10 Å². The van der Waals surface area contributed by atoms with Crippen molar-refractivity contribution in [1.29, 1.82) is 0 Å². The van der Waals surface area contributed by atoms with Gasteiger partial charge >= 0.3 is 12.0 Å². The highest BCUT2D eigenvalue weighted by Crippen LogP contribution is 2.35. The highest BCUT2D eigenvalue weighted by molar-refractivity contribution is 5.95. The molecule has 1 aromatic heterocycles. The number of benzene rings is 2. The first-order valence-corrected chi connectivity index (χ1v) is 12.3. The molecule has 2 heterocycles. The number of esters is 1. The van der Waals surface area contributed by atoms with Crippen molar-refractivity contribution < 1.29 is 33.3 Å². The van der Waals surface area contributed by atoms with Crippen molar-refractivity contribution in [2.75, 3.05) is 20.3 Å². The van der Waals surface area contributed by atoms with Crippen LogP contribution in [0.4, 0.5) is 4.79 Å². The van der Waals surface area contributed by atoms with Crippen LogP contribution in [0.25, 0.3) is 11.3 Å². The van der Waals surface area contributed by atoms with E-state index in [1.165, 1.54) is 13.3 Å². The van der Waals surface area contributed by atoms with E-state index in [-0.39, 0.29) is 12.2 Å². The minimum Gasteiger partial charge on any atom is -0.490 e. The number of nitrogens with one attached hydrogen (secondary N) is 3. The molecule has 11 heteroatoms. The minimum atomic E-state index is -1.13. The number of allylic oxidation sites excluding steroid dienone is 1. The second-order valence-corrected chi connectivity index (χ2v) is 8.48. The van der Waals surface area contributed by atoms with Crippen LogP contribution in [0, 0.1) is 0 Å². The number of amides is 2. The molecule has 3 aromatic rings. The Hall–Kier alpha value is -4.77. The Morgan fingerprint density at radius 3 is 2.69 bits per heavy atom. The lowest BCUT2D eigenvalue weighted by Crippen LogP contribution is -2.45. The largest absolute Gasteiger partial charge is 0.490 e. The monoisotopic (exact) mass is 534 g/mol. The normalized spacial score (nSPS) is 15.9. The maximum atomic E-state index is 12.4. The van der Waals surface area contributed by atoms with Crippen molar-refractivity contribution in [3.63, 3.8) is 0 Å². The first-order chi connectivity index (χ1) is 18.9. The van der Waals surface area contributed by atoms with Crippen LogP contribution in [0.15, 0.2) is 81.5 Å². The van der Waals surface area contributed by atoms with E-state index in [0.29, 0.717) is 40.9 Å². The molecule has 1 aliphatic rings. The fourth-order valence-electron chi connectivity index (χ4n) is 3.99. The Morgan fingerprint density at radius 1 is 1.15 bits per heavy atom. The molecular weight excluding hydrogens is 504 g/mol. The van der Waals surface area contributed by atoms with E-state index in [4.69, 9.17) is 18.6 Å². The number of ether oxygens (including phenoxy) is 3. The van der Waals surface area contributed by atoms with Gasteiger partial charge in [0.2, 0.25) is 0 Å². The van der Waals surface area contributed by atoms with Crippen LogP contribution >= 0.6 is 0 Å². The first kappa shape index (κ1) is 27.3. The Morgan fingerprint density at radius 2 is 1.95 bits per heavy atom. The van der Waals surface area contributed by atoms with Crippen molar-refractivity contribution in [1.82, 2.24) is 16.1 Å². The number of urea groups is 1. The van der Waals surface area contributed by atoms with Crippen molar-refractivity contribution in [2.45, 2.75) is 26.1 Å². The van der Waals surface area contributed by atoms with E-state index >= 15 is 0 Å². The second kappa shape index (κ2) is 12.7. The van der Waals surface area contributed by atoms with E-state index < -0.39 is 24.3 Å². The van der Waals surface area contributed by atoms with E-state index in [2.05, 4.69) is 21.2 Å².